The minimum atomic E-state index is -0.193. The van der Waals surface area contributed by atoms with Gasteiger partial charge in [0.1, 0.15) is 5.82 Å². The zero-order valence-corrected chi connectivity index (χ0v) is 15.6. The van der Waals surface area contributed by atoms with Gasteiger partial charge in [-0.3, -0.25) is 0 Å². The lowest BCUT2D eigenvalue weighted by atomic mass is 10.1. The maximum atomic E-state index is 13.4. The van der Waals surface area contributed by atoms with Gasteiger partial charge in [0.15, 0.2) is 5.96 Å². The molecule has 0 saturated carbocycles. The largest absolute Gasteiger partial charge is 0.357 e. The smallest absolute Gasteiger partial charge is 0.191 e. The van der Waals surface area contributed by atoms with Gasteiger partial charge in [-0.25, -0.2) is 14.1 Å². The summed E-state index contributed by atoms with van der Waals surface area (Å²) < 4.78 is 15.2. The van der Waals surface area contributed by atoms with Crippen LogP contribution < -0.4 is 10.6 Å². The lowest BCUT2D eigenvalue weighted by molar-refractivity contribution is 0.617. The Labute approximate surface area is 159 Å². The van der Waals surface area contributed by atoms with Gasteiger partial charge in [0, 0.05) is 12.7 Å². The van der Waals surface area contributed by atoms with Crippen LogP contribution in [0, 0.1) is 12.7 Å². The van der Waals surface area contributed by atoms with Crippen molar-refractivity contribution in [1.29, 1.82) is 0 Å². The first-order valence-corrected chi connectivity index (χ1v) is 9.03. The Morgan fingerprint density at radius 3 is 2.67 bits per heavy atom. The molecule has 3 rings (SSSR count). The molecule has 27 heavy (non-hydrogen) atoms. The second kappa shape index (κ2) is 8.98. The van der Waals surface area contributed by atoms with E-state index < -0.39 is 0 Å². The number of rotatable bonds is 6. The van der Waals surface area contributed by atoms with Crippen LogP contribution in [0.1, 0.15) is 23.7 Å². The molecule has 0 amide bonds. The van der Waals surface area contributed by atoms with Gasteiger partial charge in [-0.05, 0) is 49.2 Å². The third-order valence-electron chi connectivity index (χ3n) is 4.09. The molecule has 0 unspecified atom stereocenters. The first-order valence-electron chi connectivity index (χ1n) is 9.03. The second-order valence-electron chi connectivity index (χ2n) is 6.22. The summed E-state index contributed by atoms with van der Waals surface area (Å²) in [4.78, 5) is 4.57. The van der Waals surface area contributed by atoms with Crippen LogP contribution in [-0.2, 0) is 13.1 Å². The monoisotopic (exact) mass is 365 g/mol. The Hall–Kier alpha value is -3.15. The zero-order valence-electron chi connectivity index (χ0n) is 15.6. The molecule has 1 heterocycles. The van der Waals surface area contributed by atoms with Crippen molar-refractivity contribution in [3.05, 3.63) is 83.4 Å². The van der Waals surface area contributed by atoms with Crippen LogP contribution in [0.25, 0.3) is 5.69 Å². The fourth-order valence-electron chi connectivity index (χ4n) is 2.67. The van der Waals surface area contributed by atoms with Crippen LogP contribution >= 0.6 is 0 Å². The molecule has 140 valence electrons. The first kappa shape index (κ1) is 18.6. The summed E-state index contributed by atoms with van der Waals surface area (Å²) in [5, 5.41) is 11.1. The van der Waals surface area contributed by atoms with Gasteiger partial charge in [0.2, 0.25) is 0 Å². The standard InChI is InChI=1S/C21H24FN5/c1-3-23-21(24-14-17-9-10-20(22)16(2)13-17)25-15-18-11-12-27(26-18)19-7-5-4-6-8-19/h4-13H,3,14-15H2,1-2H3,(H2,23,24,25). The van der Waals surface area contributed by atoms with E-state index in [2.05, 4.69) is 20.7 Å². The third-order valence-corrected chi connectivity index (χ3v) is 4.09. The Balaban J connectivity index is 1.62. The fraction of sp³-hybridized carbons (Fsp3) is 0.238. The van der Waals surface area contributed by atoms with E-state index in [0.717, 1.165) is 23.5 Å². The maximum absolute atomic E-state index is 13.4. The SMILES string of the molecule is CCNC(=NCc1ccc(F)c(C)c1)NCc1ccn(-c2ccccc2)n1. The molecule has 0 atom stereocenters. The van der Waals surface area contributed by atoms with E-state index in [-0.39, 0.29) is 5.82 Å². The number of hydrogen-bond donors (Lipinski definition) is 2. The van der Waals surface area contributed by atoms with E-state index in [1.165, 1.54) is 6.07 Å². The van der Waals surface area contributed by atoms with E-state index >= 15 is 0 Å². The predicted octanol–water partition coefficient (Wildman–Crippen LogP) is 3.58. The normalized spacial score (nSPS) is 11.4. The highest BCUT2D eigenvalue weighted by atomic mass is 19.1. The molecule has 2 aromatic carbocycles. The van der Waals surface area contributed by atoms with Crippen molar-refractivity contribution >= 4 is 5.96 Å². The quantitative estimate of drug-likeness (QED) is 0.519. The Bertz CT molecular complexity index is 902. The van der Waals surface area contributed by atoms with Crippen molar-refractivity contribution < 1.29 is 4.39 Å². The summed E-state index contributed by atoms with van der Waals surface area (Å²) in [6, 6.07) is 17.0. The van der Waals surface area contributed by atoms with Crippen LogP contribution in [0.4, 0.5) is 4.39 Å². The highest BCUT2D eigenvalue weighted by molar-refractivity contribution is 5.79. The number of nitrogens with zero attached hydrogens (tertiary/aromatic N) is 3. The molecule has 0 bridgehead atoms. The lowest BCUT2D eigenvalue weighted by Crippen LogP contribution is -2.36. The third kappa shape index (κ3) is 5.17. The highest BCUT2D eigenvalue weighted by Gasteiger charge is 2.04. The van der Waals surface area contributed by atoms with Crippen molar-refractivity contribution in [2.24, 2.45) is 4.99 Å². The molecule has 5 nitrogen and oxygen atoms in total. The topological polar surface area (TPSA) is 54.2 Å². The molecule has 0 aliphatic carbocycles. The number of nitrogens with one attached hydrogen (secondary N) is 2. The van der Waals surface area contributed by atoms with Crippen molar-refractivity contribution in [2.45, 2.75) is 26.9 Å². The Kier molecular flexibility index (Phi) is 6.20. The van der Waals surface area contributed by atoms with Crippen molar-refractivity contribution in [3.63, 3.8) is 0 Å². The number of guanidine groups is 1. The molecule has 0 aliphatic rings. The number of benzene rings is 2. The number of para-hydroxylation sites is 1. The van der Waals surface area contributed by atoms with Gasteiger partial charge < -0.3 is 10.6 Å². The van der Waals surface area contributed by atoms with Gasteiger partial charge >= 0.3 is 0 Å². The highest BCUT2D eigenvalue weighted by Crippen LogP contribution is 2.10. The summed E-state index contributed by atoms with van der Waals surface area (Å²) >= 11 is 0. The zero-order chi connectivity index (χ0) is 19.1. The van der Waals surface area contributed by atoms with E-state index in [1.54, 1.807) is 13.0 Å². The lowest BCUT2D eigenvalue weighted by Gasteiger charge is -2.10. The number of aryl methyl sites for hydroxylation is 1. The molecule has 0 fully saturated rings. The number of hydrogen-bond acceptors (Lipinski definition) is 2. The maximum Gasteiger partial charge on any atom is 0.191 e. The van der Waals surface area contributed by atoms with E-state index in [9.17, 15) is 4.39 Å². The van der Waals surface area contributed by atoms with Crippen LogP contribution in [0.5, 0.6) is 0 Å². The molecule has 1 aromatic heterocycles. The fourth-order valence-corrected chi connectivity index (χ4v) is 2.67. The summed E-state index contributed by atoms with van der Waals surface area (Å²) in [6.45, 7) is 5.58. The predicted molar refractivity (Wildman–Crippen MR) is 106 cm³/mol. The van der Waals surface area contributed by atoms with Crippen LogP contribution in [0.3, 0.4) is 0 Å². The number of halogens is 1. The van der Waals surface area contributed by atoms with E-state index in [4.69, 9.17) is 0 Å². The van der Waals surface area contributed by atoms with Crippen molar-refractivity contribution in [3.8, 4) is 5.69 Å². The minimum Gasteiger partial charge on any atom is -0.357 e. The van der Waals surface area contributed by atoms with Gasteiger partial charge in [-0.2, -0.15) is 5.10 Å². The first-order chi connectivity index (χ1) is 13.2. The molecule has 0 radical (unpaired) electrons. The average molecular weight is 365 g/mol. The molecule has 3 aromatic rings. The molecule has 0 spiro atoms. The Morgan fingerprint density at radius 1 is 1.11 bits per heavy atom. The van der Waals surface area contributed by atoms with Crippen LogP contribution in [-0.4, -0.2) is 22.3 Å². The van der Waals surface area contributed by atoms with Gasteiger partial charge in [-0.1, -0.05) is 30.3 Å². The second-order valence-corrected chi connectivity index (χ2v) is 6.22. The molecule has 0 aliphatic heterocycles. The van der Waals surface area contributed by atoms with Gasteiger partial charge in [-0.15, -0.1) is 0 Å². The Morgan fingerprint density at radius 2 is 1.93 bits per heavy atom. The molecular weight excluding hydrogens is 341 g/mol. The van der Waals surface area contributed by atoms with Crippen LogP contribution in [0.2, 0.25) is 0 Å². The molecule has 6 heteroatoms. The van der Waals surface area contributed by atoms with Crippen molar-refractivity contribution in [2.75, 3.05) is 6.54 Å². The summed E-state index contributed by atoms with van der Waals surface area (Å²) in [5.74, 6) is 0.510. The van der Waals surface area contributed by atoms with E-state index in [0.29, 0.717) is 24.6 Å². The minimum absolute atomic E-state index is 0.193. The van der Waals surface area contributed by atoms with E-state index in [1.807, 2.05) is 60.3 Å². The molecule has 2 N–H and O–H groups in total. The number of aromatic nitrogens is 2. The number of aliphatic imine (C=N–C) groups is 1. The van der Waals surface area contributed by atoms with Crippen LogP contribution in [0.15, 0.2) is 65.8 Å². The van der Waals surface area contributed by atoms with Gasteiger partial charge in [0.25, 0.3) is 0 Å². The summed E-state index contributed by atoms with van der Waals surface area (Å²) in [7, 11) is 0. The molecular formula is C21H24FN5. The average Bonchev–Trinajstić information content (AvgIpc) is 3.16. The molecule has 0 saturated heterocycles. The summed E-state index contributed by atoms with van der Waals surface area (Å²) in [6.07, 6.45) is 1.94. The summed E-state index contributed by atoms with van der Waals surface area (Å²) in [5.41, 5.74) is 3.55. The van der Waals surface area contributed by atoms with Crippen molar-refractivity contribution in [1.82, 2.24) is 20.4 Å². The van der Waals surface area contributed by atoms with Gasteiger partial charge in [0.05, 0.1) is 24.5 Å².